The van der Waals surface area contributed by atoms with Gasteiger partial charge in [-0.2, -0.15) is 4.31 Å². The summed E-state index contributed by atoms with van der Waals surface area (Å²) in [4.78, 5) is 0.411. The van der Waals surface area contributed by atoms with Gasteiger partial charge in [0.15, 0.2) is 0 Å². The van der Waals surface area contributed by atoms with Gasteiger partial charge in [-0.1, -0.05) is 6.92 Å². The van der Waals surface area contributed by atoms with Crippen LogP contribution in [0.3, 0.4) is 0 Å². The van der Waals surface area contributed by atoms with Crippen LogP contribution in [0.2, 0.25) is 0 Å². The molecule has 0 aromatic carbocycles. The maximum absolute atomic E-state index is 12.6. The Balaban J connectivity index is 2.31. The normalized spacial score (nSPS) is 16.3. The van der Waals surface area contributed by atoms with Gasteiger partial charge in [0.05, 0.1) is 0 Å². The van der Waals surface area contributed by atoms with Crippen molar-refractivity contribution in [1.29, 1.82) is 0 Å². The van der Waals surface area contributed by atoms with Gasteiger partial charge in [0, 0.05) is 37.6 Å². The topological polar surface area (TPSA) is 54.3 Å². The molecule has 0 atom stereocenters. The lowest BCUT2D eigenvalue weighted by Gasteiger charge is -2.15. The molecule has 114 valence electrons. The third kappa shape index (κ3) is 3.07. The Morgan fingerprint density at radius 3 is 2.60 bits per heavy atom. The zero-order chi connectivity index (χ0) is 14.9. The smallest absolute Gasteiger partial charge is 0.244 e. The molecule has 20 heavy (non-hydrogen) atoms. The largest absolute Gasteiger partial charge is 0.346 e. The zero-order valence-corrected chi connectivity index (χ0v) is 13.6. The molecule has 5 nitrogen and oxygen atoms in total. The number of hydrogen-bond donors (Lipinski definition) is 1. The maximum atomic E-state index is 12.6. The van der Waals surface area contributed by atoms with E-state index in [2.05, 4.69) is 19.2 Å². The fourth-order valence-electron chi connectivity index (χ4n) is 2.31. The van der Waals surface area contributed by atoms with Crippen LogP contribution in [0, 0.1) is 0 Å². The maximum Gasteiger partial charge on any atom is 0.244 e. The second kappa shape index (κ2) is 5.87. The number of nitrogens with zero attached hydrogens (tertiary/aromatic N) is 2. The van der Waals surface area contributed by atoms with E-state index < -0.39 is 10.0 Å². The Bertz CT molecular complexity index is 559. The average Bonchev–Trinajstić information content (AvgIpc) is 3.14. The molecule has 0 aliphatic heterocycles. The molecule has 1 aliphatic carbocycles. The number of aromatic nitrogens is 1. The monoisotopic (exact) mass is 299 g/mol. The van der Waals surface area contributed by atoms with Crippen LogP contribution in [-0.2, 0) is 16.6 Å². The first-order valence-electron chi connectivity index (χ1n) is 7.27. The van der Waals surface area contributed by atoms with Gasteiger partial charge in [-0.15, -0.1) is 0 Å². The summed E-state index contributed by atoms with van der Waals surface area (Å²) in [5.74, 6) is 0. The van der Waals surface area contributed by atoms with Crippen molar-refractivity contribution in [3.63, 3.8) is 0 Å². The van der Waals surface area contributed by atoms with Gasteiger partial charge >= 0.3 is 0 Å². The van der Waals surface area contributed by atoms with Crippen molar-refractivity contribution in [2.45, 2.75) is 57.1 Å². The van der Waals surface area contributed by atoms with Gasteiger partial charge in [-0.3, -0.25) is 0 Å². The van der Waals surface area contributed by atoms with Crippen LogP contribution >= 0.6 is 0 Å². The minimum absolute atomic E-state index is 0.194. The molecule has 6 heteroatoms. The summed E-state index contributed by atoms with van der Waals surface area (Å²) in [5, 5.41) is 3.26. The molecule has 1 saturated carbocycles. The van der Waals surface area contributed by atoms with Crippen molar-refractivity contribution in [2.24, 2.45) is 0 Å². The van der Waals surface area contributed by atoms with Crippen LogP contribution in [0.15, 0.2) is 17.2 Å². The highest BCUT2D eigenvalue weighted by atomic mass is 32.2. The number of sulfonamides is 1. The molecule has 1 N–H and O–H groups in total. The van der Waals surface area contributed by atoms with Crippen molar-refractivity contribution in [3.05, 3.63) is 18.0 Å². The molecular weight excluding hydrogens is 274 g/mol. The van der Waals surface area contributed by atoms with Gasteiger partial charge in [0.1, 0.15) is 4.90 Å². The summed E-state index contributed by atoms with van der Waals surface area (Å²) in [6.07, 6.45) is 3.72. The second-order valence-electron chi connectivity index (χ2n) is 5.70. The molecular formula is C14H25N3O2S. The van der Waals surface area contributed by atoms with Crippen molar-refractivity contribution < 1.29 is 8.42 Å². The first-order valence-corrected chi connectivity index (χ1v) is 8.71. The van der Waals surface area contributed by atoms with Crippen LogP contribution in [0.1, 0.15) is 45.3 Å². The first kappa shape index (κ1) is 15.5. The predicted molar refractivity (Wildman–Crippen MR) is 80.2 cm³/mol. The van der Waals surface area contributed by atoms with Crippen molar-refractivity contribution in [3.8, 4) is 0 Å². The molecule has 0 amide bonds. The van der Waals surface area contributed by atoms with E-state index in [1.165, 1.54) is 4.31 Å². The molecule has 0 spiro atoms. The molecule has 1 aromatic heterocycles. The number of rotatable bonds is 7. The Hall–Kier alpha value is -0.850. The van der Waals surface area contributed by atoms with Crippen LogP contribution in [0.4, 0.5) is 0 Å². The van der Waals surface area contributed by atoms with Gasteiger partial charge < -0.3 is 9.88 Å². The van der Waals surface area contributed by atoms with Gasteiger partial charge in [-0.25, -0.2) is 8.42 Å². The molecule has 1 aromatic rings. The standard InChI is InChI=1S/C14H25N3O2S/c1-5-15-9-13-8-14(10-17(13)11(2)3)20(18,19)16(4)12-6-7-12/h8,10-12,15H,5-7,9H2,1-4H3. The van der Waals surface area contributed by atoms with E-state index in [0.29, 0.717) is 11.4 Å². The SMILES string of the molecule is CCNCc1cc(S(=O)(=O)N(C)C2CC2)cn1C(C)C. The fraction of sp³-hybridized carbons (Fsp3) is 0.714. The highest BCUT2D eigenvalue weighted by Gasteiger charge is 2.35. The Kier molecular flexibility index (Phi) is 4.56. The summed E-state index contributed by atoms with van der Waals surface area (Å²) >= 11 is 0. The van der Waals surface area contributed by atoms with Gasteiger partial charge in [0.25, 0.3) is 0 Å². The third-order valence-electron chi connectivity index (χ3n) is 3.76. The number of hydrogen-bond acceptors (Lipinski definition) is 3. The fourth-order valence-corrected chi connectivity index (χ4v) is 3.78. The lowest BCUT2D eigenvalue weighted by atomic mass is 10.3. The highest BCUT2D eigenvalue weighted by Crippen LogP contribution is 2.31. The molecule has 0 bridgehead atoms. The molecule has 1 fully saturated rings. The summed E-state index contributed by atoms with van der Waals surface area (Å²) in [6.45, 7) is 7.73. The quantitative estimate of drug-likeness (QED) is 0.837. The van der Waals surface area contributed by atoms with E-state index in [1.54, 1.807) is 19.3 Å². The molecule has 1 heterocycles. The van der Waals surface area contributed by atoms with Gasteiger partial charge in [-0.05, 0) is 39.3 Å². The first-order chi connectivity index (χ1) is 9.37. The minimum atomic E-state index is -3.35. The minimum Gasteiger partial charge on any atom is -0.346 e. The molecule has 2 rings (SSSR count). The molecule has 1 aliphatic rings. The van der Waals surface area contributed by atoms with Gasteiger partial charge in [0.2, 0.25) is 10.0 Å². The lowest BCUT2D eigenvalue weighted by Crippen LogP contribution is -2.28. The predicted octanol–water partition coefficient (Wildman–Crippen LogP) is 1.96. The summed E-state index contributed by atoms with van der Waals surface area (Å²) in [5.41, 5.74) is 1.02. The van der Waals surface area contributed by atoms with Crippen LogP contribution in [0.5, 0.6) is 0 Å². The highest BCUT2D eigenvalue weighted by molar-refractivity contribution is 7.89. The lowest BCUT2D eigenvalue weighted by molar-refractivity contribution is 0.464. The summed E-state index contributed by atoms with van der Waals surface area (Å²) in [6, 6.07) is 2.25. The van der Waals surface area contributed by atoms with Crippen LogP contribution < -0.4 is 5.32 Å². The van der Waals surface area contributed by atoms with Crippen molar-refractivity contribution in [2.75, 3.05) is 13.6 Å². The van der Waals surface area contributed by atoms with E-state index in [1.807, 2.05) is 11.5 Å². The zero-order valence-electron chi connectivity index (χ0n) is 12.8. The Labute approximate surface area is 122 Å². The Morgan fingerprint density at radius 1 is 1.45 bits per heavy atom. The van der Waals surface area contributed by atoms with E-state index in [4.69, 9.17) is 0 Å². The van der Waals surface area contributed by atoms with E-state index >= 15 is 0 Å². The van der Waals surface area contributed by atoms with E-state index in [9.17, 15) is 8.42 Å². The second-order valence-corrected chi connectivity index (χ2v) is 7.70. The molecule has 0 saturated heterocycles. The molecule has 0 unspecified atom stereocenters. The van der Waals surface area contributed by atoms with Crippen molar-refractivity contribution >= 4 is 10.0 Å². The van der Waals surface area contributed by atoms with Crippen LogP contribution in [-0.4, -0.2) is 36.9 Å². The molecule has 0 radical (unpaired) electrons. The van der Waals surface area contributed by atoms with E-state index in [-0.39, 0.29) is 12.1 Å². The Morgan fingerprint density at radius 2 is 2.10 bits per heavy atom. The van der Waals surface area contributed by atoms with Crippen LogP contribution in [0.25, 0.3) is 0 Å². The summed E-state index contributed by atoms with van der Waals surface area (Å²) in [7, 11) is -1.67. The van der Waals surface area contributed by atoms with Crippen molar-refractivity contribution in [1.82, 2.24) is 14.2 Å². The third-order valence-corrected chi connectivity index (χ3v) is 5.63. The number of nitrogens with one attached hydrogen (secondary N) is 1. The summed E-state index contributed by atoms with van der Waals surface area (Å²) < 4.78 is 28.7. The average molecular weight is 299 g/mol. The van der Waals surface area contributed by atoms with E-state index in [0.717, 1.165) is 25.1 Å².